The average molecular weight is 339 g/mol. The Kier molecular flexibility index (Phi) is 4.57. The van der Waals surface area contributed by atoms with Crippen LogP contribution >= 0.6 is 0 Å². The summed E-state index contributed by atoms with van der Waals surface area (Å²) in [7, 11) is 0. The Balaban J connectivity index is 2.04. The molecule has 2 nitrogen and oxygen atoms in total. The van der Waals surface area contributed by atoms with Crippen LogP contribution in [0.15, 0.2) is 97.1 Å². The normalized spacial score (nSPS) is 10.7. The Morgan fingerprint density at radius 1 is 0.692 bits per heavy atom. The molecule has 0 aliphatic heterocycles. The van der Waals surface area contributed by atoms with Crippen molar-refractivity contribution in [2.24, 2.45) is 0 Å². The second-order valence-electron chi connectivity index (χ2n) is 6.08. The van der Waals surface area contributed by atoms with Crippen molar-refractivity contribution < 1.29 is 4.74 Å². The van der Waals surface area contributed by atoms with Gasteiger partial charge in [0.15, 0.2) is 5.88 Å². The lowest BCUT2D eigenvalue weighted by Crippen LogP contribution is -2.02. The van der Waals surface area contributed by atoms with E-state index in [9.17, 15) is 0 Å². The minimum Gasteiger partial charge on any atom is -0.479 e. The topological polar surface area (TPSA) is 14.2 Å². The number of nitrogens with zero attached hydrogens (tertiary/aromatic N) is 1. The molecule has 1 aromatic heterocycles. The van der Waals surface area contributed by atoms with Crippen LogP contribution in [0.25, 0.3) is 28.1 Å². The van der Waals surface area contributed by atoms with Gasteiger partial charge in [0.25, 0.3) is 0 Å². The molecule has 0 fully saturated rings. The van der Waals surface area contributed by atoms with Crippen molar-refractivity contribution in [2.45, 2.75) is 6.92 Å². The number of benzene rings is 3. The predicted octanol–water partition coefficient (Wildman–Crippen LogP) is 6.21. The maximum absolute atomic E-state index is 6.02. The molecule has 128 valence electrons. The van der Waals surface area contributed by atoms with E-state index in [0.717, 1.165) is 17.3 Å². The summed E-state index contributed by atoms with van der Waals surface area (Å²) in [5.41, 5.74) is 5.76. The van der Waals surface area contributed by atoms with E-state index in [4.69, 9.17) is 4.74 Å². The standard InChI is InChI=1S/C24H21NO/c1-2-26-23-18-22(19-12-6-3-7-13-19)24(20-14-8-4-9-15-20)25(23)21-16-10-5-11-17-21/h3-18H,2H2,1H3. The first kappa shape index (κ1) is 16.2. The zero-order valence-corrected chi connectivity index (χ0v) is 14.8. The van der Waals surface area contributed by atoms with Crippen molar-refractivity contribution in [3.05, 3.63) is 97.1 Å². The number of ether oxygens (including phenoxy) is 1. The first-order valence-electron chi connectivity index (χ1n) is 8.93. The maximum Gasteiger partial charge on any atom is 0.199 e. The molecule has 0 amide bonds. The van der Waals surface area contributed by atoms with Crippen molar-refractivity contribution in [3.8, 4) is 34.0 Å². The van der Waals surface area contributed by atoms with E-state index >= 15 is 0 Å². The van der Waals surface area contributed by atoms with Crippen LogP contribution in [0.1, 0.15) is 6.92 Å². The molecule has 4 aromatic rings. The second kappa shape index (κ2) is 7.32. The SMILES string of the molecule is CCOc1cc(-c2ccccc2)c(-c2ccccc2)n1-c1ccccc1. The quantitative estimate of drug-likeness (QED) is 0.421. The average Bonchev–Trinajstić information content (AvgIpc) is 3.09. The van der Waals surface area contributed by atoms with Crippen molar-refractivity contribution in [3.63, 3.8) is 0 Å². The third kappa shape index (κ3) is 3.02. The molecule has 0 N–H and O–H groups in total. The van der Waals surface area contributed by atoms with Gasteiger partial charge in [-0.3, -0.25) is 4.57 Å². The highest BCUT2D eigenvalue weighted by Gasteiger charge is 2.19. The monoisotopic (exact) mass is 339 g/mol. The lowest BCUT2D eigenvalue weighted by molar-refractivity contribution is 0.321. The smallest absolute Gasteiger partial charge is 0.199 e. The third-order valence-corrected chi connectivity index (χ3v) is 4.41. The molecule has 3 aromatic carbocycles. The molecule has 0 saturated carbocycles. The largest absolute Gasteiger partial charge is 0.479 e. The summed E-state index contributed by atoms with van der Waals surface area (Å²) in [6.45, 7) is 2.64. The molecule has 0 saturated heterocycles. The molecule has 1 heterocycles. The maximum atomic E-state index is 6.02. The molecule has 0 aliphatic carbocycles. The van der Waals surface area contributed by atoms with Gasteiger partial charge < -0.3 is 4.74 Å². The van der Waals surface area contributed by atoms with Gasteiger partial charge in [-0.15, -0.1) is 0 Å². The summed E-state index contributed by atoms with van der Waals surface area (Å²) in [5.74, 6) is 0.858. The highest BCUT2D eigenvalue weighted by molar-refractivity contribution is 5.84. The Hall–Kier alpha value is -3.26. The van der Waals surface area contributed by atoms with E-state index in [-0.39, 0.29) is 0 Å². The summed E-state index contributed by atoms with van der Waals surface area (Å²) in [5, 5.41) is 0. The minimum absolute atomic E-state index is 0.624. The predicted molar refractivity (Wildman–Crippen MR) is 108 cm³/mol. The van der Waals surface area contributed by atoms with Crippen molar-refractivity contribution in [1.82, 2.24) is 4.57 Å². The van der Waals surface area contributed by atoms with Gasteiger partial charge >= 0.3 is 0 Å². The summed E-state index contributed by atoms with van der Waals surface area (Å²) in [6, 6.07) is 33.5. The molecule has 0 bridgehead atoms. The summed E-state index contributed by atoms with van der Waals surface area (Å²) < 4.78 is 8.23. The van der Waals surface area contributed by atoms with Gasteiger partial charge in [-0.2, -0.15) is 0 Å². The fourth-order valence-corrected chi connectivity index (χ4v) is 3.29. The Bertz CT molecular complexity index is 973. The van der Waals surface area contributed by atoms with Crippen molar-refractivity contribution >= 4 is 0 Å². The molecular formula is C24H21NO. The van der Waals surface area contributed by atoms with Crippen LogP contribution < -0.4 is 4.74 Å². The molecule has 0 unspecified atom stereocenters. The molecule has 2 heteroatoms. The lowest BCUT2D eigenvalue weighted by atomic mass is 10.0. The van der Waals surface area contributed by atoms with Gasteiger partial charge in [0.1, 0.15) is 0 Å². The van der Waals surface area contributed by atoms with Gasteiger partial charge in [-0.05, 0) is 30.2 Å². The van der Waals surface area contributed by atoms with Gasteiger partial charge in [0.2, 0.25) is 0 Å². The zero-order valence-electron chi connectivity index (χ0n) is 14.8. The fourth-order valence-electron chi connectivity index (χ4n) is 3.29. The van der Waals surface area contributed by atoms with Crippen LogP contribution in [0.5, 0.6) is 5.88 Å². The van der Waals surface area contributed by atoms with Crippen LogP contribution in [0.3, 0.4) is 0 Å². The van der Waals surface area contributed by atoms with E-state index < -0.39 is 0 Å². The number of para-hydroxylation sites is 1. The minimum atomic E-state index is 0.624. The van der Waals surface area contributed by atoms with Crippen LogP contribution in [0.2, 0.25) is 0 Å². The van der Waals surface area contributed by atoms with Gasteiger partial charge in [-0.1, -0.05) is 78.9 Å². The van der Waals surface area contributed by atoms with Gasteiger partial charge in [-0.25, -0.2) is 0 Å². The summed E-state index contributed by atoms with van der Waals surface area (Å²) in [6.07, 6.45) is 0. The van der Waals surface area contributed by atoms with Crippen LogP contribution in [-0.4, -0.2) is 11.2 Å². The van der Waals surface area contributed by atoms with E-state index in [1.807, 2.05) is 25.1 Å². The fraction of sp³-hybridized carbons (Fsp3) is 0.0833. The van der Waals surface area contributed by atoms with Gasteiger partial charge in [0.05, 0.1) is 12.3 Å². The van der Waals surface area contributed by atoms with Crippen molar-refractivity contribution in [2.75, 3.05) is 6.61 Å². The highest BCUT2D eigenvalue weighted by atomic mass is 16.5. The van der Waals surface area contributed by atoms with E-state index in [1.165, 1.54) is 16.7 Å². The third-order valence-electron chi connectivity index (χ3n) is 4.41. The number of hydrogen-bond acceptors (Lipinski definition) is 1. The Morgan fingerprint density at radius 2 is 1.23 bits per heavy atom. The van der Waals surface area contributed by atoms with Crippen LogP contribution in [0, 0.1) is 0 Å². The number of aromatic nitrogens is 1. The molecule has 4 rings (SSSR count). The van der Waals surface area contributed by atoms with Crippen molar-refractivity contribution in [1.29, 1.82) is 0 Å². The van der Waals surface area contributed by atoms with E-state index in [1.54, 1.807) is 0 Å². The summed E-state index contributed by atoms with van der Waals surface area (Å²) in [4.78, 5) is 0. The summed E-state index contributed by atoms with van der Waals surface area (Å²) >= 11 is 0. The van der Waals surface area contributed by atoms with Crippen LogP contribution in [0.4, 0.5) is 0 Å². The molecule has 0 atom stereocenters. The molecular weight excluding hydrogens is 318 g/mol. The molecule has 26 heavy (non-hydrogen) atoms. The highest BCUT2D eigenvalue weighted by Crippen LogP contribution is 2.40. The number of rotatable bonds is 5. The first-order chi connectivity index (χ1) is 12.9. The van der Waals surface area contributed by atoms with E-state index in [2.05, 4.69) is 83.4 Å². The molecule has 0 spiro atoms. The van der Waals surface area contributed by atoms with Gasteiger partial charge in [0, 0.05) is 17.3 Å². The van der Waals surface area contributed by atoms with E-state index in [0.29, 0.717) is 6.61 Å². The Labute approximate surface area is 154 Å². The molecule has 0 radical (unpaired) electrons. The van der Waals surface area contributed by atoms with Crippen LogP contribution in [-0.2, 0) is 0 Å². The lowest BCUT2D eigenvalue weighted by Gasteiger charge is -2.15. The second-order valence-corrected chi connectivity index (χ2v) is 6.08. The molecule has 0 aliphatic rings. The number of hydrogen-bond donors (Lipinski definition) is 0. The zero-order chi connectivity index (χ0) is 17.8. The first-order valence-corrected chi connectivity index (χ1v) is 8.93. The Morgan fingerprint density at radius 3 is 1.81 bits per heavy atom.